The second-order valence-electron chi connectivity index (χ2n) is 3.77. The molecule has 0 aliphatic heterocycles. The van der Waals surface area contributed by atoms with Crippen molar-refractivity contribution in [1.29, 1.82) is 0 Å². The number of rotatable bonds is 2. The highest BCUT2D eigenvalue weighted by Gasteiger charge is 2.23. The Morgan fingerprint density at radius 2 is 1.61 bits per heavy atom. The van der Waals surface area contributed by atoms with Crippen molar-refractivity contribution >= 4 is 21.2 Å². The van der Waals surface area contributed by atoms with Gasteiger partial charge < -0.3 is 16.6 Å². The molecule has 0 amide bonds. The number of phenolic OH excluding ortho intramolecular Hbond substituents is 1. The number of hydrogen-bond donors (Lipinski definition) is 3. The van der Waals surface area contributed by atoms with E-state index in [1.54, 1.807) is 18.2 Å². The molecule has 0 spiro atoms. The molecule has 0 heterocycles. The number of nitrogens with two attached hydrogens (primary N) is 2. The maximum absolute atomic E-state index is 12.3. The van der Waals surface area contributed by atoms with Crippen LogP contribution in [0.2, 0.25) is 0 Å². The fraction of sp³-hybridized carbons (Fsp3) is 0. The molecule has 0 radical (unpaired) electrons. The molecule has 0 atom stereocenters. The van der Waals surface area contributed by atoms with Gasteiger partial charge in [0.2, 0.25) is 9.84 Å². The van der Waals surface area contributed by atoms with Crippen LogP contribution < -0.4 is 11.5 Å². The minimum atomic E-state index is -3.82. The van der Waals surface area contributed by atoms with Crippen LogP contribution in [0.4, 0.5) is 11.4 Å². The van der Waals surface area contributed by atoms with Gasteiger partial charge in [0.15, 0.2) is 5.75 Å². The normalized spacial score (nSPS) is 11.3. The van der Waals surface area contributed by atoms with Crippen molar-refractivity contribution < 1.29 is 13.5 Å². The van der Waals surface area contributed by atoms with Gasteiger partial charge >= 0.3 is 0 Å². The minimum absolute atomic E-state index is 0.0653. The zero-order chi connectivity index (χ0) is 13.3. The number of nitrogen functional groups attached to an aromatic ring is 2. The van der Waals surface area contributed by atoms with Gasteiger partial charge in [-0.3, -0.25) is 0 Å². The molecule has 94 valence electrons. The Kier molecular flexibility index (Phi) is 2.88. The molecular formula is C12H12N2O3S. The van der Waals surface area contributed by atoms with Gasteiger partial charge in [0.05, 0.1) is 10.6 Å². The summed E-state index contributed by atoms with van der Waals surface area (Å²) in [5.41, 5.74) is 11.2. The van der Waals surface area contributed by atoms with E-state index < -0.39 is 15.6 Å². The van der Waals surface area contributed by atoms with Crippen LogP contribution >= 0.6 is 0 Å². The third kappa shape index (κ3) is 1.98. The molecule has 0 unspecified atom stereocenters. The highest BCUT2D eigenvalue weighted by atomic mass is 32.2. The Morgan fingerprint density at radius 1 is 1.00 bits per heavy atom. The number of benzene rings is 2. The highest BCUT2D eigenvalue weighted by Crippen LogP contribution is 2.34. The molecular weight excluding hydrogens is 252 g/mol. The van der Waals surface area contributed by atoms with Crippen LogP contribution in [0.5, 0.6) is 5.75 Å². The number of sulfone groups is 1. The fourth-order valence-corrected chi connectivity index (χ4v) is 3.02. The lowest BCUT2D eigenvalue weighted by atomic mass is 10.2. The molecule has 0 aliphatic rings. The third-order valence-corrected chi connectivity index (χ3v) is 4.25. The van der Waals surface area contributed by atoms with Gasteiger partial charge in [-0.05, 0) is 24.3 Å². The van der Waals surface area contributed by atoms with Gasteiger partial charge in [-0.2, -0.15) is 0 Å². The van der Waals surface area contributed by atoms with Crippen LogP contribution in [-0.4, -0.2) is 13.5 Å². The van der Waals surface area contributed by atoms with Crippen molar-refractivity contribution in [2.24, 2.45) is 0 Å². The summed E-state index contributed by atoms with van der Waals surface area (Å²) in [5.74, 6) is -0.479. The van der Waals surface area contributed by atoms with Crippen LogP contribution in [0.1, 0.15) is 0 Å². The lowest BCUT2D eigenvalue weighted by molar-refractivity contribution is 0.461. The maximum atomic E-state index is 12.3. The topological polar surface area (TPSA) is 106 Å². The van der Waals surface area contributed by atoms with E-state index in [-0.39, 0.29) is 21.2 Å². The molecule has 2 rings (SSSR count). The molecule has 0 fully saturated rings. The first-order chi connectivity index (χ1) is 8.43. The quantitative estimate of drug-likeness (QED) is 0.431. The van der Waals surface area contributed by atoms with E-state index in [0.29, 0.717) is 0 Å². The monoisotopic (exact) mass is 264 g/mol. The average Bonchev–Trinajstić information content (AvgIpc) is 2.34. The van der Waals surface area contributed by atoms with Crippen LogP contribution in [0.15, 0.2) is 52.3 Å². The van der Waals surface area contributed by atoms with Gasteiger partial charge in [0.1, 0.15) is 4.90 Å². The highest BCUT2D eigenvalue weighted by molar-refractivity contribution is 7.91. The van der Waals surface area contributed by atoms with E-state index in [9.17, 15) is 13.5 Å². The van der Waals surface area contributed by atoms with Crippen LogP contribution in [0.25, 0.3) is 0 Å². The predicted molar refractivity (Wildman–Crippen MR) is 68.8 cm³/mol. The summed E-state index contributed by atoms with van der Waals surface area (Å²) in [7, 11) is -3.82. The number of hydrogen-bond acceptors (Lipinski definition) is 5. The molecule has 2 aromatic rings. The molecule has 2 aromatic carbocycles. The van der Waals surface area contributed by atoms with Crippen molar-refractivity contribution in [3.8, 4) is 5.75 Å². The SMILES string of the molecule is Nc1cc(N)c(O)c(S(=O)(=O)c2ccccc2)c1. The second kappa shape index (κ2) is 4.23. The maximum Gasteiger partial charge on any atom is 0.210 e. The molecule has 6 heteroatoms. The predicted octanol–water partition coefficient (Wildman–Crippen LogP) is 1.39. The molecule has 18 heavy (non-hydrogen) atoms. The van der Waals surface area contributed by atoms with Crippen LogP contribution in [-0.2, 0) is 9.84 Å². The molecule has 5 N–H and O–H groups in total. The summed E-state index contributed by atoms with van der Waals surface area (Å²) >= 11 is 0. The molecule has 0 aliphatic carbocycles. The first-order valence-electron chi connectivity index (χ1n) is 5.11. The van der Waals surface area contributed by atoms with Crippen molar-refractivity contribution in [3.05, 3.63) is 42.5 Å². The summed E-state index contributed by atoms with van der Waals surface area (Å²) in [5, 5.41) is 9.76. The van der Waals surface area contributed by atoms with Gasteiger partial charge in [0, 0.05) is 5.69 Å². The van der Waals surface area contributed by atoms with Gasteiger partial charge in [-0.25, -0.2) is 8.42 Å². The zero-order valence-corrected chi connectivity index (χ0v) is 10.2. The standard InChI is InChI=1S/C12H12N2O3S/c13-8-6-10(14)12(15)11(7-8)18(16,17)9-4-2-1-3-5-9/h1-7,15H,13-14H2. The van der Waals surface area contributed by atoms with Crippen molar-refractivity contribution in [2.45, 2.75) is 9.79 Å². The average molecular weight is 264 g/mol. The Labute approximate surface area is 105 Å². The molecule has 0 saturated heterocycles. The Bertz CT molecular complexity index is 682. The van der Waals surface area contributed by atoms with Gasteiger partial charge in [0.25, 0.3) is 0 Å². The van der Waals surface area contributed by atoms with E-state index in [0.717, 1.165) is 0 Å². The van der Waals surface area contributed by atoms with E-state index >= 15 is 0 Å². The summed E-state index contributed by atoms with van der Waals surface area (Å²) < 4.78 is 24.6. The number of phenols is 1. The Hall–Kier alpha value is -2.21. The first kappa shape index (κ1) is 12.3. The fourth-order valence-electron chi connectivity index (χ4n) is 1.58. The van der Waals surface area contributed by atoms with Crippen LogP contribution in [0, 0.1) is 0 Å². The molecule has 0 bridgehead atoms. The van der Waals surface area contributed by atoms with E-state index in [1.807, 2.05) is 0 Å². The number of aromatic hydroxyl groups is 1. The molecule has 5 nitrogen and oxygen atoms in total. The summed E-state index contributed by atoms with van der Waals surface area (Å²) in [6, 6.07) is 10.3. The zero-order valence-electron chi connectivity index (χ0n) is 9.37. The smallest absolute Gasteiger partial charge is 0.210 e. The van der Waals surface area contributed by atoms with Crippen LogP contribution in [0.3, 0.4) is 0 Å². The van der Waals surface area contributed by atoms with E-state index in [1.165, 1.54) is 24.3 Å². The molecule has 0 saturated carbocycles. The summed E-state index contributed by atoms with van der Waals surface area (Å²) in [6.07, 6.45) is 0. The van der Waals surface area contributed by atoms with E-state index in [4.69, 9.17) is 11.5 Å². The molecule has 0 aromatic heterocycles. The van der Waals surface area contributed by atoms with E-state index in [2.05, 4.69) is 0 Å². The van der Waals surface area contributed by atoms with Crippen molar-refractivity contribution in [3.63, 3.8) is 0 Å². The lowest BCUT2D eigenvalue weighted by Gasteiger charge is -2.09. The van der Waals surface area contributed by atoms with Gasteiger partial charge in [-0.1, -0.05) is 18.2 Å². The first-order valence-corrected chi connectivity index (χ1v) is 6.59. The van der Waals surface area contributed by atoms with Gasteiger partial charge in [-0.15, -0.1) is 0 Å². The van der Waals surface area contributed by atoms with Crippen molar-refractivity contribution in [1.82, 2.24) is 0 Å². The summed E-state index contributed by atoms with van der Waals surface area (Å²) in [6.45, 7) is 0. The minimum Gasteiger partial charge on any atom is -0.504 e. The third-order valence-electron chi connectivity index (χ3n) is 2.47. The Morgan fingerprint density at radius 3 is 2.22 bits per heavy atom. The second-order valence-corrected chi connectivity index (χ2v) is 5.69. The largest absolute Gasteiger partial charge is 0.504 e. The Balaban J connectivity index is 2.70. The summed E-state index contributed by atoms with van der Waals surface area (Å²) in [4.78, 5) is -0.212. The van der Waals surface area contributed by atoms with Crippen molar-refractivity contribution in [2.75, 3.05) is 11.5 Å². The lowest BCUT2D eigenvalue weighted by Crippen LogP contribution is -2.04. The number of anilines is 2.